The van der Waals surface area contributed by atoms with E-state index in [1.54, 1.807) is 62.1 Å². The first-order valence-corrected chi connectivity index (χ1v) is 10.8. The molecule has 1 aliphatic heterocycles. The van der Waals surface area contributed by atoms with Gasteiger partial charge < -0.3 is 15.2 Å². The van der Waals surface area contributed by atoms with Crippen LogP contribution in [0.5, 0.6) is 0 Å². The summed E-state index contributed by atoms with van der Waals surface area (Å²) >= 11 is 1.09. The average molecular weight is 465 g/mol. The van der Waals surface area contributed by atoms with Crippen LogP contribution in [-0.2, 0) is 19.1 Å². The summed E-state index contributed by atoms with van der Waals surface area (Å²) in [5.41, 5.74) is 7.40. The van der Waals surface area contributed by atoms with E-state index in [0.29, 0.717) is 14.8 Å². The largest absolute Gasteiger partial charge is 0.466 e. The van der Waals surface area contributed by atoms with E-state index in [0.717, 1.165) is 16.9 Å². The molecule has 0 radical (unpaired) electrons. The van der Waals surface area contributed by atoms with Gasteiger partial charge in [0, 0.05) is 24.8 Å². The van der Waals surface area contributed by atoms with E-state index in [1.807, 2.05) is 0 Å². The summed E-state index contributed by atoms with van der Waals surface area (Å²) < 4.78 is 12.1. The Morgan fingerprint density at radius 1 is 1.09 bits per heavy atom. The van der Waals surface area contributed by atoms with Gasteiger partial charge in [-0.05, 0) is 48.4 Å². The minimum Gasteiger partial charge on any atom is -0.466 e. The van der Waals surface area contributed by atoms with E-state index in [2.05, 4.69) is 9.97 Å². The zero-order chi connectivity index (χ0) is 23.5. The van der Waals surface area contributed by atoms with E-state index < -0.39 is 23.4 Å². The van der Waals surface area contributed by atoms with Crippen LogP contribution in [0.15, 0.2) is 59.4 Å². The molecule has 0 fully saturated rings. The highest BCUT2D eigenvalue weighted by atomic mass is 32.1. The number of thiazole rings is 1. The average Bonchev–Trinajstić information content (AvgIpc) is 3.15. The molecule has 4 rings (SSSR count). The summed E-state index contributed by atoms with van der Waals surface area (Å²) in [4.78, 5) is 47.3. The van der Waals surface area contributed by atoms with Crippen molar-refractivity contribution in [1.82, 2.24) is 14.5 Å². The van der Waals surface area contributed by atoms with Crippen molar-refractivity contribution < 1.29 is 19.1 Å². The highest BCUT2D eigenvalue weighted by Crippen LogP contribution is 2.37. The Kier molecular flexibility index (Phi) is 6.18. The number of methoxy groups -OCH3 is 1. The van der Waals surface area contributed by atoms with Crippen LogP contribution in [0.4, 0.5) is 0 Å². The molecule has 0 aromatic carbocycles. The maximum Gasteiger partial charge on any atom is 0.338 e. The smallest absolute Gasteiger partial charge is 0.338 e. The molecule has 3 aromatic rings. The summed E-state index contributed by atoms with van der Waals surface area (Å²) in [6, 6.07) is 6.84. The number of ether oxygens (including phenoxy) is 2. The predicted octanol–water partition coefficient (Wildman–Crippen LogP) is 0.340. The Hall–Kier alpha value is -4.05. The molecule has 0 amide bonds. The molecule has 10 heteroatoms. The fourth-order valence-electron chi connectivity index (χ4n) is 3.66. The molecule has 0 saturated heterocycles. The number of carbonyl (C=O) groups excluding carboxylic acids is 2. The molecule has 1 atom stereocenters. The minimum absolute atomic E-state index is 0.00805. The number of esters is 2. The summed E-state index contributed by atoms with van der Waals surface area (Å²) in [6.45, 7) is 1.76. The van der Waals surface area contributed by atoms with Crippen LogP contribution >= 0.6 is 11.3 Å². The Bertz CT molecular complexity index is 1420. The number of nitrogens with two attached hydrogens (primary N) is 1. The second kappa shape index (κ2) is 9.21. The maximum atomic E-state index is 13.3. The van der Waals surface area contributed by atoms with Crippen molar-refractivity contribution in [2.75, 3.05) is 13.7 Å². The highest BCUT2D eigenvalue weighted by molar-refractivity contribution is 7.07. The van der Waals surface area contributed by atoms with Crippen LogP contribution in [0.2, 0.25) is 0 Å². The molecule has 0 unspecified atom stereocenters. The van der Waals surface area contributed by atoms with Crippen molar-refractivity contribution in [1.29, 1.82) is 0 Å². The molecule has 33 heavy (non-hydrogen) atoms. The normalized spacial score (nSPS) is 15.9. The van der Waals surface area contributed by atoms with Gasteiger partial charge in [-0.1, -0.05) is 0 Å². The number of hydrogen-bond donors (Lipinski definition) is 1. The Morgan fingerprint density at radius 3 is 2.33 bits per heavy atom. The first-order chi connectivity index (χ1) is 16.0. The van der Waals surface area contributed by atoms with Gasteiger partial charge >= 0.3 is 11.9 Å². The highest BCUT2D eigenvalue weighted by Gasteiger charge is 2.39. The van der Waals surface area contributed by atoms with Gasteiger partial charge in [-0.3, -0.25) is 19.3 Å². The van der Waals surface area contributed by atoms with Gasteiger partial charge in [0.2, 0.25) is 0 Å². The van der Waals surface area contributed by atoms with Gasteiger partial charge in [0.25, 0.3) is 5.56 Å². The van der Waals surface area contributed by atoms with Crippen molar-refractivity contribution in [2.24, 2.45) is 5.73 Å². The zero-order valence-corrected chi connectivity index (χ0v) is 18.7. The van der Waals surface area contributed by atoms with Crippen LogP contribution in [0, 0.1) is 0 Å². The summed E-state index contributed by atoms with van der Waals surface area (Å²) in [5, 5.41) is 0. The Morgan fingerprint density at radius 2 is 1.73 bits per heavy atom. The summed E-state index contributed by atoms with van der Waals surface area (Å²) in [7, 11) is 1.24. The van der Waals surface area contributed by atoms with Gasteiger partial charge in [-0.15, -0.1) is 11.3 Å². The van der Waals surface area contributed by atoms with Crippen LogP contribution in [0.25, 0.3) is 17.5 Å². The van der Waals surface area contributed by atoms with Gasteiger partial charge in [0.05, 0.1) is 35.3 Å². The predicted molar refractivity (Wildman–Crippen MR) is 122 cm³/mol. The van der Waals surface area contributed by atoms with Crippen molar-refractivity contribution in [3.8, 4) is 0 Å². The van der Waals surface area contributed by atoms with E-state index in [4.69, 9.17) is 15.2 Å². The number of hydrogen-bond acceptors (Lipinski definition) is 9. The van der Waals surface area contributed by atoms with Crippen molar-refractivity contribution in [3.05, 3.63) is 85.3 Å². The van der Waals surface area contributed by atoms with Crippen molar-refractivity contribution >= 4 is 40.7 Å². The lowest BCUT2D eigenvalue weighted by Crippen LogP contribution is -2.41. The molecule has 0 bridgehead atoms. The standard InChI is InChI=1S/C23H20N4O5S/c1-3-32-23(30)17-16(14-6-10-26-11-7-14)18(22(29)31-2)21-27(19(17)24)20(28)15(33-21)12-13-4-8-25-9-5-13/h4-12,16H,3,24H2,1-2H3/b15-12-/t16-/m1/s1. The Balaban J connectivity index is 2.12. The number of fused-ring (bicyclic) bond motifs is 1. The van der Waals surface area contributed by atoms with Gasteiger partial charge in [0.1, 0.15) is 10.5 Å². The van der Waals surface area contributed by atoms with Gasteiger partial charge in [0.15, 0.2) is 0 Å². The van der Waals surface area contributed by atoms with Gasteiger partial charge in [-0.25, -0.2) is 9.59 Å². The molecular formula is C23H20N4O5S. The first-order valence-electron chi connectivity index (χ1n) is 10.0. The third-order valence-corrected chi connectivity index (χ3v) is 6.20. The lowest BCUT2D eigenvalue weighted by molar-refractivity contribution is -0.138. The van der Waals surface area contributed by atoms with E-state index in [9.17, 15) is 14.4 Å². The van der Waals surface area contributed by atoms with Crippen LogP contribution in [-0.4, -0.2) is 40.2 Å². The molecule has 0 aliphatic carbocycles. The second-order valence-electron chi connectivity index (χ2n) is 6.98. The molecule has 2 N–H and O–H groups in total. The third-order valence-electron chi connectivity index (χ3n) is 5.09. The lowest BCUT2D eigenvalue weighted by atomic mass is 9.83. The van der Waals surface area contributed by atoms with E-state index >= 15 is 0 Å². The molecule has 1 aliphatic rings. The maximum absolute atomic E-state index is 13.3. The molecule has 3 aromatic heterocycles. The monoisotopic (exact) mass is 464 g/mol. The van der Waals surface area contributed by atoms with Crippen LogP contribution in [0.1, 0.15) is 24.0 Å². The molecular weight excluding hydrogens is 444 g/mol. The molecule has 9 nitrogen and oxygen atoms in total. The minimum atomic E-state index is -0.897. The number of carbonyl (C=O) groups is 2. The number of rotatable bonds is 5. The fourth-order valence-corrected chi connectivity index (χ4v) is 4.83. The van der Waals surface area contributed by atoms with E-state index in [1.165, 1.54) is 11.7 Å². The number of nitrogens with zero attached hydrogens (tertiary/aromatic N) is 3. The number of aromatic nitrogens is 3. The summed E-state index contributed by atoms with van der Waals surface area (Å²) in [5.74, 6) is -2.39. The van der Waals surface area contributed by atoms with Crippen molar-refractivity contribution in [3.63, 3.8) is 0 Å². The van der Waals surface area contributed by atoms with Crippen LogP contribution in [0.3, 0.4) is 0 Å². The van der Waals surface area contributed by atoms with Crippen LogP contribution < -0.4 is 20.5 Å². The number of pyridine rings is 2. The second-order valence-corrected chi connectivity index (χ2v) is 8.01. The molecule has 4 heterocycles. The zero-order valence-electron chi connectivity index (χ0n) is 17.8. The molecule has 0 spiro atoms. The topological polar surface area (TPSA) is 126 Å². The molecule has 0 saturated carbocycles. The molecule has 168 valence electrons. The third kappa shape index (κ3) is 3.96. The Labute approximate surface area is 192 Å². The van der Waals surface area contributed by atoms with Crippen molar-refractivity contribution in [2.45, 2.75) is 12.8 Å². The van der Waals surface area contributed by atoms with Gasteiger partial charge in [-0.2, -0.15) is 0 Å². The first kappa shape index (κ1) is 22.2. The lowest BCUT2D eigenvalue weighted by Gasteiger charge is -2.26. The quantitative estimate of drug-likeness (QED) is 0.536. The fraction of sp³-hybridized carbons (Fsp3) is 0.174. The SMILES string of the molecule is CCOC(=O)C1=C(N)n2c(s/c(=C\c3ccncc3)c2=O)=C(C(=O)OC)[C@@H]1c1ccncc1. The van der Waals surface area contributed by atoms with E-state index in [-0.39, 0.29) is 23.6 Å². The summed E-state index contributed by atoms with van der Waals surface area (Å²) in [6.07, 6.45) is 7.97.